The van der Waals surface area contributed by atoms with E-state index in [9.17, 15) is 0 Å². The molecule has 414 valence electrons. The molecule has 6 aromatic carbocycles. The van der Waals surface area contributed by atoms with Crippen LogP contribution in [0.5, 0.6) is 0 Å². The summed E-state index contributed by atoms with van der Waals surface area (Å²) in [4.78, 5) is 0. The quantitative estimate of drug-likeness (QED) is 0.108. The number of benzene rings is 6. The Morgan fingerprint density at radius 3 is 1.10 bits per heavy atom. The SMILES string of the molecule is Cc1ccccc1-c1cc(-c2ccc(CC3CCC(C)C3)cc2)cc[n+]1C.Cc1ccccc1-c1cc(-c2cccc(CC3CCC(C)C3)c2)cc[n+]1C.[2H]C([2H])(c1ccc(-c2cc[n+](C)c(-c3ccccc3C)c2)cc1)C1CCC(C)C1. The molecule has 3 fully saturated rings. The summed E-state index contributed by atoms with van der Waals surface area (Å²) in [6.45, 7) is 13.5. The molecule has 0 radical (unpaired) electrons. The smallest absolute Gasteiger partial charge is 0.201 e. The summed E-state index contributed by atoms with van der Waals surface area (Å²) in [5, 5.41) is 0. The molecule has 3 aliphatic carbocycles. The highest BCUT2D eigenvalue weighted by Gasteiger charge is 2.25. The summed E-state index contributed by atoms with van der Waals surface area (Å²) in [6.07, 6.45) is 19.2. The second-order valence-corrected chi connectivity index (χ2v) is 24.9. The van der Waals surface area contributed by atoms with E-state index in [2.05, 4.69) is 265 Å². The van der Waals surface area contributed by atoms with Crippen LogP contribution < -0.4 is 13.7 Å². The van der Waals surface area contributed by atoms with E-state index in [4.69, 9.17) is 2.74 Å². The molecule has 3 aliphatic rings. The zero-order valence-electron chi connectivity index (χ0n) is 52.1. The lowest BCUT2D eigenvalue weighted by Crippen LogP contribution is -2.30. The summed E-state index contributed by atoms with van der Waals surface area (Å²) >= 11 is 0. The van der Waals surface area contributed by atoms with E-state index in [0.29, 0.717) is 5.92 Å². The van der Waals surface area contributed by atoms with E-state index in [1.165, 1.54) is 135 Å². The van der Waals surface area contributed by atoms with E-state index in [-0.39, 0.29) is 5.92 Å². The van der Waals surface area contributed by atoms with Crippen LogP contribution in [0.15, 0.2) is 201 Å². The predicted octanol–water partition coefficient (Wildman–Crippen LogP) is 18.4. The minimum absolute atomic E-state index is 0.131. The molecule has 0 amide bonds. The molecule has 0 N–H and O–H groups in total. The first-order valence-corrected chi connectivity index (χ1v) is 30.5. The van der Waals surface area contributed by atoms with Crippen molar-refractivity contribution in [1.29, 1.82) is 0 Å². The van der Waals surface area contributed by atoms with Gasteiger partial charge in [-0.2, -0.15) is 0 Å². The minimum atomic E-state index is -1.25. The lowest BCUT2D eigenvalue weighted by Gasteiger charge is -2.11. The topological polar surface area (TPSA) is 11.6 Å². The van der Waals surface area contributed by atoms with Gasteiger partial charge in [0.15, 0.2) is 18.6 Å². The third kappa shape index (κ3) is 14.6. The third-order valence-corrected chi connectivity index (χ3v) is 18.2. The lowest BCUT2D eigenvalue weighted by molar-refractivity contribution is -0.660. The lowest BCUT2D eigenvalue weighted by atomic mass is 9.94. The average Bonchev–Trinajstić information content (AvgIpc) is 4.37. The number of nitrogens with zero attached hydrogens (tertiary/aromatic N) is 3. The number of hydrogen-bond donors (Lipinski definition) is 0. The zero-order chi connectivity index (χ0) is 58.2. The third-order valence-electron chi connectivity index (χ3n) is 18.2. The molecule has 3 saturated carbocycles. The molecule has 0 saturated heterocycles. The van der Waals surface area contributed by atoms with Gasteiger partial charge in [0.1, 0.15) is 21.1 Å². The van der Waals surface area contributed by atoms with Gasteiger partial charge in [0.05, 0.1) is 0 Å². The number of aryl methyl sites for hydroxylation is 6. The maximum absolute atomic E-state index is 8.69. The molecule has 9 aromatic rings. The first-order chi connectivity index (χ1) is 40.1. The van der Waals surface area contributed by atoms with Crippen LogP contribution in [0.4, 0.5) is 0 Å². The second kappa shape index (κ2) is 26.6. The van der Waals surface area contributed by atoms with Gasteiger partial charge in [-0.15, -0.1) is 0 Å². The molecule has 3 nitrogen and oxygen atoms in total. The number of hydrogen-bond acceptors (Lipinski definition) is 0. The van der Waals surface area contributed by atoms with Crippen molar-refractivity contribution in [2.75, 3.05) is 0 Å². The fraction of sp³-hybridized carbons (Fsp3) is 0.346. The van der Waals surface area contributed by atoms with Crippen LogP contribution in [0.2, 0.25) is 0 Å². The van der Waals surface area contributed by atoms with Gasteiger partial charge in [-0.25, -0.2) is 13.7 Å². The van der Waals surface area contributed by atoms with Crippen molar-refractivity contribution < 1.29 is 16.4 Å². The Balaban J connectivity index is 0.000000139. The van der Waals surface area contributed by atoms with Crippen LogP contribution in [0.1, 0.15) is 115 Å². The molecule has 0 aliphatic heterocycles. The largest absolute Gasteiger partial charge is 0.213 e. The Labute approximate surface area is 490 Å². The molecular formula is C78H90N3+3. The van der Waals surface area contributed by atoms with Gasteiger partial charge < -0.3 is 0 Å². The highest BCUT2D eigenvalue weighted by molar-refractivity contribution is 5.73. The Kier molecular flexibility index (Phi) is 17.8. The van der Waals surface area contributed by atoms with Gasteiger partial charge >= 0.3 is 0 Å². The second-order valence-electron chi connectivity index (χ2n) is 24.9. The Bertz CT molecular complexity index is 3630. The highest BCUT2D eigenvalue weighted by atomic mass is 14.9. The van der Waals surface area contributed by atoms with E-state index in [0.717, 1.165) is 59.6 Å². The van der Waals surface area contributed by atoms with E-state index < -0.39 is 6.37 Å². The van der Waals surface area contributed by atoms with Gasteiger partial charge in [-0.3, -0.25) is 0 Å². The summed E-state index contributed by atoms with van der Waals surface area (Å²) in [7, 11) is 6.33. The van der Waals surface area contributed by atoms with Crippen LogP contribution in [0.25, 0.3) is 67.2 Å². The molecule has 0 spiro atoms. The predicted molar refractivity (Wildman–Crippen MR) is 340 cm³/mol. The minimum Gasteiger partial charge on any atom is -0.201 e. The standard InChI is InChI=1S/3C26H30N/c1-19-11-12-22(15-19)16-21-8-6-9-23(17-21)24-13-14-27(3)26(18-24)25-10-5-4-7-20(25)2;2*1-19-8-9-22(16-19)17-21-10-12-23(13-11-21)24-14-15-27(3)26(18-24)25-7-5-4-6-20(25)2/h4-10,13-14,17-19,22H,11-12,15-16H2,1-3H3;2*4-7,10-15,18-19,22H,8-9,16-17H2,1-3H3/q3*+1/i;17D2;. The fourth-order valence-corrected chi connectivity index (χ4v) is 13.4. The maximum Gasteiger partial charge on any atom is 0.213 e. The summed E-state index contributed by atoms with van der Waals surface area (Å²) in [5.74, 6) is 4.34. The Morgan fingerprint density at radius 1 is 0.346 bits per heavy atom. The fourth-order valence-electron chi connectivity index (χ4n) is 13.4. The molecule has 6 atom stereocenters. The zero-order valence-corrected chi connectivity index (χ0v) is 50.1. The van der Waals surface area contributed by atoms with E-state index in [1.54, 1.807) is 0 Å². The van der Waals surface area contributed by atoms with Crippen LogP contribution in [-0.2, 0) is 40.4 Å². The van der Waals surface area contributed by atoms with Gasteiger partial charge in [-0.1, -0.05) is 167 Å². The van der Waals surface area contributed by atoms with Crippen molar-refractivity contribution in [3.63, 3.8) is 0 Å². The molecule has 3 heteroatoms. The van der Waals surface area contributed by atoms with Crippen molar-refractivity contribution in [3.8, 4) is 67.2 Å². The number of pyridine rings is 3. The van der Waals surface area contributed by atoms with Crippen molar-refractivity contribution in [2.24, 2.45) is 56.7 Å². The van der Waals surface area contributed by atoms with Crippen LogP contribution >= 0.6 is 0 Å². The van der Waals surface area contributed by atoms with Crippen molar-refractivity contribution >= 4 is 0 Å². The Morgan fingerprint density at radius 2 is 0.704 bits per heavy atom. The normalized spacial score (nSPS) is 19.9. The van der Waals surface area contributed by atoms with Crippen molar-refractivity contribution in [2.45, 2.75) is 119 Å². The summed E-state index contributed by atoms with van der Waals surface area (Å²) < 4.78 is 24.0. The van der Waals surface area contributed by atoms with Crippen LogP contribution in [0, 0.1) is 56.3 Å². The van der Waals surface area contributed by atoms with Gasteiger partial charge in [-0.05, 0) is 199 Å². The molecule has 0 bridgehead atoms. The molecule has 3 aromatic heterocycles. The van der Waals surface area contributed by atoms with Crippen LogP contribution in [-0.4, -0.2) is 0 Å². The molecular weight excluding hydrogens is 979 g/mol. The monoisotopic (exact) mass is 1070 g/mol. The van der Waals surface area contributed by atoms with E-state index >= 15 is 0 Å². The molecule has 81 heavy (non-hydrogen) atoms. The van der Waals surface area contributed by atoms with Crippen LogP contribution in [0.3, 0.4) is 0 Å². The average molecular weight is 1070 g/mol. The van der Waals surface area contributed by atoms with Gasteiger partial charge in [0.2, 0.25) is 17.1 Å². The maximum atomic E-state index is 8.69. The van der Waals surface area contributed by atoms with Gasteiger partial charge in [0, 0.05) is 55.8 Å². The highest BCUT2D eigenvalue weighted by Crippen LogP contribution is 2.37. The first kappa shape index (κ1) is 54.4. The van der Waals surface area contributed by atoms with Crippen molar-refractivity contribution in [3.05, 3.63) is 234 Å². The summed E-state index contributed by atoms with van der Waals surface area (Å²) in [6, 6.07) is 65.7. The van der Waals surface area contributed by atoms with Crippen molar-refractivity contribution in [1.82, 2.24) is 0 Å². The molecule has 6 unspecified atom stereocenters. The molecule has 3 heterocycles. The van der Waals surface area contributed by atoms with Gasteiger partial charge in [0.25, 0.3) is 0 Å². The number of rotatable bonds is 12. The molecule has 12 rings (SSSR count). The summed E-state index contributed by atoms with van der Waals surface area (Å²) in [5.41, 5.74) is 22.7. The Hall–Kier alpha value is -7.23. The number of aromatic nitrogens is 3. The first-order valence-electron chi connectivity index (χ1n) is 31.5. The van der Waals surface area contributed by atoms with E-state index in [1.807, 2.05) is 12.1 Å².